The van der Waals surface area contributed by atoms with Gasteiger partial charge in [-0.3, -0.25) is 14.4 Å². The Hall–Kier alpha value is -2.06. The molecule has 1 unspecified atom stereocenters. The number of nitrogens with one attached hydrogen (secondary N) is 2. The number of nitrogens with zero attached hydrogens (tertiary/aromatic N) is 1. The Morgan fingerprint density at radius 3 is 2.48 bits per heavy atom. The molecular formula is C21H29N3O4S. The molecule has 0 spiro atoms. The summed E-state index contributed by atoms with van der Waals surface area (Å²) in [6.45, 7) is 7.38. The third-order valence-electron chi connectivity index (χ3n) is 5.57. The maximum absolute atomic E-state index is 13.0. The van der Waals surface area contributed by atoms with Gasteiger partial charge in [0.05, 0.1) is 12.6 Å². The summed E-state index contributed by atoms with van der Waals surface area (Å²) in [4.78, 5) is 40.3. The lowest BCUT2D eigenvalue weighted by atomic mass is 10.00. The van der Waals surface area contributed by atoms with Crippen LogP contribution in [0.4, 0.5) is 0 Å². The van der Waals surface area contributed by atoms with Crippen LogP contribution in [0.2, 0.25) is 0 Å². The largest absolute Gasteiger partial charge is 0.394 e. The van der Waals surface area contributed by atoms with Gasteiger partial charge in [0.1, 0.15) is 17.5 Å². The fraction of sp³-hybridized carbons (Fsp3) is 0.571. The summed E-state index contributed by atoms with van der Waals surface area (Å²) in [6, 6.07) is 5.71. The van der Waals surface area contributed by atoms with E-state index >= 15 is 0 Å². The first-order valence-electron chi connectivity index (χ1n) is 10.0. The maximum atomic E-state index is 13.0. The molecule has 1 saturated heterocycles. The summed E-state index contributed by atoms with van der Waals surface area (Å²) < 4.78 is 0. The van der Waals surface area contributed by atoms with Crippen molar-refractivity contribution in [3.8, 4) is 0 Å². The van der Waals surface area contributed by atoms with Gasteiger partial charge in [-0.15, -0.1) is 11.8 Å². The molecule has 7 nitrogen and oxygen atoms in total. The second kappa shape index (κ2) is 8.75. The molecule has 29 heavy (non-hydrogen) atoms. The normalized spacial score (nSPS) is 22.4. The summed E-state index contributed by atoms with van der Waals surface area (Å²) in [5, 5.41) is 15.0. The van der Waals surface area contributed by atoms with Crippen molar-refractivity contribution >= 4 is 29.5 Å². The molecule has 3 amide bonds. The van der Waals surface area contributed by atoms with Crippen LogP contribution in [0.3, 0.4) is 0 Å². The number of hydrogen-bond acceptors (Lipinski definition) is 5. The summed E-state index contributed by atoms with van der Waals surface area (Å²) in [5.74, 6) is -0.350. The molecule has 1 fully saturated rings. The van der Waals surface area contributed by atoms with Crippen LogP contribution in [0.1, 0.15) is 49.0 Å². The number of rotatable bonds is 7. The molecule has 0 aliphatic carbocycles. The first-order valence-corrected chi connectivity index (χ1v) is 11.1. The Morgan fingerprint density at radius 2 is 1.86 bits per heavy atom. The van der Waals surface area contributed by atoms with Crippen molar-refractivity contribution in [2.24, 2.45) is 11.8 Å². The quantitative estimate of drug-likeness (QED) is 0.623. The van der Waals surface area contributed by atoms with Crippen molar-refractivity contribution in [2.45, 2.75) is 51.2 Å². The molecule has 0 aromatic heterocycles. The Balaban J connectivity index is 1.71. The van der Waals surface area contributed by atoms with Crippen LogP contribution < -0.4 is 10.6 Å². The predicted octanol–water partition coefficient (Wildman–Crippen LogP) is 1.53. The van der Waals surface area contributed by atoms with Gasteiger partial charge in [0, 0.05) is 11.3 Å². The average molecular weight is 420 g/mol. The third kappa shape index (κ3) is 4.14. The molecular weight excluding hydrogens is 390 g/mol. The first-order chi connectivity index (χ1) is 13.8. The molecule has 3 rings (SSSR count). The summed E-state index contributed by atoms with van der Waals surface area (Å²) in [6.07, 6.45) is 0. The number of thioether (sulfide) groups is 1. The molecule has 4 atom stereocenters. The summed E-state index contributed by atoms with van der Waals surface area (Å²) >= 11 is 1.57. The van der Waals surface area contributed by atoms with E-state index < -0.39 is 12.1 Å². The Bertz CT molecular complexity index is 798. The van der Waals surface area contributed by atoms with Gasteiger partial charge in [-0.2, -0.15) is 0 Å². The lowest BCUT2D eigenvalue weighted by molar-refractivity contribution is -0.132. The summed E-state index contributed by atoms with van der Waals surface area (Å²) in [5.41, 5.74) is 1.59. The molecule has 1 aromatic carbocycles. The third-order valence-corrected chi connectivity index (χ3v) is 6.88. The number of hydrogen-bond donors (Lipinski definition) is 3. The van der Waals surface area contributed by atoms with Crippen LogP contribution >= 0.6 is 11.8 Å². The van der Waals surface area contributed by atoms with E-state index in [0.717, 1.165) is 5.56 Å². The van der Waals surface area contributed by atoms with Gasteiger partial charge in [-0.25, -0.2) is 0 Å². The van der Waals surface area contributed by atoms with Gasteiger partial charge >= 0.3 is 0 Å². The van der Waals surface area contributed by atoms with Crippen LogP contribution in [0.5, 0.6) is 0 Å². The first kappa shape index (κ1) is 21.6. The van der Waals surface area contributed by atoms with E-state index in [-0.39, 0.29) is 47.6 Å². The van der Waals surface area contributed by atoms with Crippen molar-refractivity contribution in [3.05, 3.63) is 35.4 Å². The van der Waals surface area contributed by atoms with Crippen molar-refractivity contribution in [1.82, 2.24) is 15.5 Å². The van der Waals surface area contributed by atoms with Gasteiger partial charge in [0.25, 0.3) is 5.91 Å². The predicted molar refractivity (Wildman–Crippen MR) is 112 cm³/mol. The van der Waals surface area contributed by atoms with Crippen molar-refractivity contribution in [1.29, 1.82) is 0 Å². The van der Waals surface area contributed by atoms with E-state index in [0.29, 0.717) is 11.3 Å². The molecule has 8 heteroatoms. The number of fused-ring (bicyclic) bond motifs is 3. The van der Waals surface area contributed by atoms with Gasteiger partial charge in [-0.1, -0.05) is 45.9 Å². The fourth-order valence-corrected chi connectivity index (χ4v) is 5.19. The molecule has 0 radical (unpaired) electrons. The monoisotopic (exact) mass is 419 g/mol. The van der Waals surface area contributed by atoms with Crippen LogP contribution in [-0.4, -0.2) is 58.2 Å². The number of aliphatic hydroxyl groups excluding tert-OH is 1. The topological polar surface area (TPSA) is 98.7 Å². The number of aliphatic hydroxyl groups is 1. The lowest BCUT2D eigenvalue weighted by Gasteiger charge is -2.29. The molecule has 1 aromatic rings. The van der Waals surface area contributed by atoms with Crippen molar-refractivity contribution in [2.75, 3.05) is 12.4 Å². The van der Waals surface area contributed by atoms with Crippen molar-refractivity contribution < 1.29 is 19.5 Å². The van der Waals surface area contributed by atoms with E-state index in [1.54, 1.807) is 22.7 Å². The minimum atomic E-state index is -0.737. The molecule has 2 heterocycles. The smallest absolute Gasteiger partial charge is 0.256 e. The lowest BCUT2D eigenvalue weighted by Crippen LogP contribution is -2.57. The van der Waals surface area contributed by atoms with E-state index in [9.17, 15) is 19.5 Å². The highest BCUT2D eigenvalue weighted by Crippen LogP contribution is 2.48. The van der Waals surface area contributed by atoms with Gasteiger partial charge in [-0.05, 0) is 23.5 Å². The average Bonchev–Trinajstić information content (AvgIpc) is 3.24. The van der Waals surface area contributed by atoms with Gasteiger partial charge in [0.2, 0.25) is 11.8 Å². The standard InChI is InChI=1S/C21H29N3O4S/c1-11(2)15(9-25)22-19(27)17(12(3)4)23-18(26)16-10-29-21-14-8-6-5-7-13(14)20(28)24(16)21/h5-8,11-12,15-17,21,25H,9-10H2,1-4H3,(H,22,27)(H,23,26)/t15-,16+,17+,21?/m1/s1. The van der Waals surface area contributed by atoms with Crippen LogP contribution in [0, 0.1) is 11.8 Å². The fourth-order valence-electron chi connectivity index (χ4n) is 3.72. The van der Waals surface area contributed by atoms with Crippen molar-refractivity contribution in [3.63, 3.8) is 0 Å². The number of amides is 3. The zero-order valence-electron chi connectivity index (χ0n) is 17.2. The molecule has 158 valence electrons. The molecule has 0 saturated carbocycles. The molecule has 3 N–H and O–H groups in total. The van der Waals surface area contributed by atoms with Crippen LogP contribution in [-0.2, 0) is 9.59 Å². The molecule has 2 aliphatic rings. The van der Waals surface area contributed by atoms with E-state index in [1.807, 2.05) is 45.9 Å². The maximum Gasteiger partial charge on any atom is 0.256 e. The SMILES string of the molecule is CC(C)[C@H](NC(=O)[C@@H]1CSC2c3ccccc3C(=O)N21)C(=O)N[C@H](CO)C(C)C. The minimum absolute atomic E-state index is 0.0696. The number of carbonyl (C=O) groups excluding carboxylic acids is 3. The van der Waals surface area contributed by atoms with Crippen LogP contribution in [0.15, 0.2) is 24.3 Å². The second-order valence-electron chi connectivity index (χ2n) is 8.27. The molecule has 2 aliphatic heterocycles. The highest BCUT2D eigenvalue weighted by Gasteiger charge is 2.48. The highest BCUT2D eigenvalue weighted by atomic mass is 32.2. The number of benzene rings is 1. The Kier molecular flexibility index (Phi) is 6.53. The van der Waals surface area contributed by atoms with E-state index in [1.165, 1.54) is 0 Å². The highest BCUT2D eigenvalue weighted by molar-refractivity contribution is 7.99. The Morgan fingerprint density at radius 1 is 1.17 bits per heavy atom. The van der Waals surface area contributed by atoms with Crippen LogP contribution in [0.25, 0.3) is 0 Å². The number of carbonyl (C=O) groups is 3. The van der Waals surface area contributed by atoms with E-state index in [2.05, 4.69) is 10.6 Å². The zero-order chi connectivity index (χ0) is 21.3. The van der Waals surface area contributed by atoms with Gasteiger partial charge in [0.15, 0.2) is 0 Å². The Labute approximate surface area is 175 Å². The van der Waals surface area contributed by atoms with E-state index in [4.69, 9.17) is 0 Å². The molecule has 0 bridgehead atoms. The zero-order valence-corrected chi connectivity index (χ0v) is 18.0. The summed E-state index contributed by atoms with van der Waals surface area (Å²) in [7, 11) is 0. The second-order valence-corrected chi connectivity index (χ2v) is 9.39. The van der Waals surface area contributed by atoms with Gasteiger partial charge < -0.3 is 20.6 Å². The minimum Gasteiger partial charge on any atom is -0.394 e.